The normalized spacial score (nSPS) is 14.1. The molecule has 0 aliphatic carbocycles. The number of amides is 2. The van der Waals surface area contributed by atoms with Gasteiger partial charge in [0.2, 0.25) is 11.8 Å². The Kier molecular flexibility index (Phi) is 6.75. The molecule has 0 bridgehead atoms. The molecule has 0 atom stereocenters. The van der Waals surface area contributed by atoms with Crippen molar-refractivity contribution in [1.82, 2.24) is 4.90 Å². The van der Waals surface area contributed by atoms with Crippen LogP contribution in [0, 0.1) is 0 Å². The van der Waals surface area contributed by atoms with E-state index in [1.165, 1.54) is 17.5 Å². The topological polar surface area (TPSA) is 53.1 Å². The van der Waals surface area contributed by atoms with Gasteiger partial charge in [-0.3, -0.25) is 14.5 Å². The van der Waals surface area contributed by atoms with Gasteiger partial charge in [-0.1, -0.05) is 30.3 Å². The highest BCUT2D eigenvalue weighted by Crippen LogP contribution is 2.29. The van der Waals surface area contributed by atoms with E-state index in [9.17, 15) is 9.59 Å². The fourth-order valence-corrected chi connectivity index (χ4v) is 3.49. The van der Waals surface area contributed by atoms with Crippen molar-refractivity contribution in [2.24, 2.45) is 0 Å². The van der Waals surface area contributed by atoms with Crippen molar-refractivity contribution in [3.8, 4) is 5.75 Å². The van der Waals surface area contributed by atoms with E-state index in [-0.39, 0.29) is 24.5 Å². The summed E-state index contributed by atoms with van der Waals surface area (Å²) in [4.78, 5) is 30.9. The minimum atomic E-state index is -0.180. The van der Waals surface area contributed by atoms with E-state index in [1.54, 1.807) is 0 Å². The lowest BCUT2D eigenvalue weighted by Crippen LogP contribution is -2.51. The number of carbonyl (C=O) groups is 2. The molecule has 3 rings (SSSR count). The number of carbonyl (C=O) groups excluding carboxylic acids is 2. The van der Waals surface area contributed by atoms with Crippen LogP contribution in [0.3, 0.4) is 0 Å². The summed E-state index contributed by atoms with van der Waals surface area (Å²) in [5, 5.41) is 0. The molecular formula is C23H29N3O3. The second-order valence-electron chi connectivity index (χ2n) is 7.44. The molecule has 2 amide bonds. The van der Waals surface area contributed by atoms with Crippen LogP contribution in [-0.2, 0) is 9.59 Å². The van der Waals surface area contributed by atoms with E-state index < -0.39 is 0 Å². The lowest BCUT2D eigenvalue weighted by Gasteiger charge is -2.37. The molecule has 1 fully saturated rings. The van der Waals surface area contributed by atoms with Crippen molar-refractivity contribution in [2.75, 3.05) is 42.5 Å². The van der Waals surface area contributed by atoms with Gasteiger partial charge in [0.1, 0.15) is 12.3 Å². The van der Waals surface area contributed by atoms with Gasteiger partial charge < -0.3 is 14.5 Å². The summed E-state index contributed by atoms with van der Waals surface area (Å²) in [5.74, 6) is 0.382. The van der Waals surface area contributed by atoms with Crippen LogP contribution in [0.15, 0.2) is 54.6 Å². The first-order valence-corrected chi connectivity index (χ1v) is 10.1. The summed E-state index contributed by atoms with van der Waals surface area (Å²) in [6, 6.07) is 17.6. The van der Waals surface area contributed by atoms with E-state index >= 15 is 0 Å². The Labute approximate surface area is 172 Å². The Morgan fingerprint density at radius 1 is 0.966 bits per heavy atom. The van der Waals surface area contributed by atoms with Gasteiger partial charge in [-0.05, 0) is 38.1 Å². The van der Waals surface area contributed by atoms with Gasteiger partial charge >= 0.3 is 0 Å². The number of para-hydroxylation sites is 3. The summed E-state index contributed by atoms with van der Waals surface area (Å²) in [6.07, 6.45) is -0.0216. The van der Waals surface area contributed by atoms with Gasteiger partial charge in [-0.15, -0.1) is 0 Å². The maximum absolute atomic E-state index is 12.9. The van der Waals surface area contributed by atoms with Crippen molar-refractivity contribution in [3.05, 3.63) is 54.6 Å². The highest BCUT2D eigenvalue weighted by atomic mass is 16.5. The van der Waals surface area contributed by atoms with Crippen molar-refractivity contribution in [1.29, 1.82) is 0 Å². The van der Waals surface area contributed by atoms with Gasteiger partial charge in [0, 0.05) is 38.8 Å². The van der Waals surface area contributed by atoms with Crippen LogP contribution in [0.25, 0.3) is 0 Å². The lowest BCUT2D eigenvalue weighted by atomic mass is 10.2. The third-order valence-corrected chi connectivity index (χ3v) is 4.95. The van der Waals surface area contributed by atoms with Crippen molar-refractivity contribution in [3.63, 3.8) is 0 Å². The van der Waals surface area contributed by atoms with Crippen LogP contribution in [0.1, 0.15) is 20.8 Å². The molecular weight excluding hydrogens is 366 g/mol. The number of hydrogen-bond donors (Lipinski definition) is 0. The standard InChI is InChI=1S/C23H29N3O3/c1-18(2)29-22-12-8-7-11-21(22)26(19(3)27)17-23(28)25-15-13-24(14-16-25)20-9-5-4-6-10-20/h4-12,18H,13-17H2,1-3H3. The van der Waals surface area contributed by atoms with Crippen LogP contribution < -0.4 is 14.5 Å². The molecule has 2 aromatic rings. The third-order valence-electron chi connectivity index (χ3n) is 4.95. The molecule has 1 saturated heterocycles. The van der Waals surface area contributed by atoms with Gasteiger partial charge in [-0.2, -0.15) is 0 Å². The van der Waals surface area contributed by atoms with Gasteiger partial charge in [-0.25, -0.2) is 0 Å². The Balaban J connectivity index is 1.66. The average Bonchev–Trinajstić information content (AvgIpc) is 2.72. The number of nitrogens with zero attached hydrogens (tertiary/aromatic N) is 3. The third kappa shape index (κ3) is 5.28. The summed E-state index contributed by atoms with van der Waals surface area (Å²) in [5.41, 5.74) is 1.80. The highest BCUT2D eigenvalue weighted by Gasteiger charge is 2.26. The molecule has 6 nitrogen and oxygen atoms in total. The summed E-state index contributed by atoms with van der Waals surface area (Å²) >= 11 is 0. The minimum absolute atomic E-state index is 0.0130. The van der Waals surface area contributed by atoms with Crippen molar-refractivity contribution >= 4 is 23.2 Å². The summed E-state index contributed by atoms with van der Waals surface area (Å²) in [6.45, 7) is 8.21. The number of benzene rings is 2. The highest BCUT2D eigenvalue weighted by molar-refractivity contribution is 5.98. The molecule has 2 aromatic carbocycles. The summed E-state index contributed by atoms with van der Waals surface area (Å²) in [7, 11) is 0. The maximum atomic E-state index is 12.9. The van der Waals surface area contributed by atoms with Crippen LogP contribution in [0.5, 0.6) is 5.75 Å². The average molecular weight is 396 g/mol. The zero-order valence-electron chi connectivity index (χ0n) is 17.4. The fourth-order valence-electron chi connectivity index (χ4n) is 3.49. The number of piperazine rings is 1. The van der Waals surface area contributed by atoms with Crippen LogP contribution >= 0.6 is 0 Å². The second kappa shape index (κ2) is 9.45. The minimum Gasteiger partial charge on any atom is -0.489 e. The molecule has 0 radical (unpaired) electrons. The zero-order chi connectivity index (χ0) is 20.8. The Morgan fingerprint density at radius 3 is 2.21 bits per heavy atom. The first kappa shape index (κ1) is 20.7. The molecule has 1 aliphatic heterocycles. The molecule has 6 heteroatoms. The smallest absolute Gasteiger partial charge is 0.242 e. The maximum Gasteiger partial charge on any atom is 0.242 e. The van der Waals surface area contributed by atoms with E-state index in [1.807, 2.05) is 61.2 Å². The van der Waals surface area contributed by atoms with E-state index in [2.05, 4.69) is 17.0 Å². The molecule has 0 aromatic heterocycles. The molecule has 0 saturated carbocycles. The van der Waals surface area contributed by atoms with E-state index in [0.29, 0.717) is 24.5 Å². The monoisotopic (exact) mass is 395 g/mol. The van der Waals surface area contributed by atoms with Crippen molar-refractivity contribution < 1.29 is 14.3 Å². The van der Waals surface area contributed by atoms with Gasteiger partial charge in [0.15, 0.2) is 0 Å². The molecule has 0 spiro atoms. The van der Waals surface area contributed by atoms with Crippen molar-refractivity contribution in [2.45, 2.75) is 26.9 Å². The van der Waals surface area contributed by atoms with Gasteiger partial charge in [0.05, 0.1) is 11.8 Å². The van der Waals surface area contributed by atoms with Crippen LogP contribution in [0.4, 0.5) is 11.4 Å². The number of anilines is 2. The Hall–Kier alpha value is -3.02. The molecule has 1 aliphatic rings. The zero-order valence-corrected chi connectivity index (χ0v) is 17.4. The lowest BCUT2D eigenvalue weighted by molar-refractivity contribution is -0.131. The largest absolute Gasteiger partial charge is 0.489 e. The quantitative estimate of drug-likeness (QED) is 0.754. The second-order valence-corrected chi connectivity index (χ2v) is 7.44. The molecule has 154 valence electrons. The number of ether oxygens (including phenoxy) is 1. The fraction of sp³-hybridized carbons (Fsp3) is 0.391. The Bertz CT molecular complexity index is 830. The predicted octanol–water partition coefficient (Wildman–Crippen LogP) is 3.18. The molecule has 0 unspecified atom stereocenters. The molecule has 1 heterocycles. The SMILES string of the molecule is CC(=O)N(CC(=O)N1CCN(c2ccccc2)CC1)c1ccccc1OC(C)C. The Morgan fingerprint density at radius 2 is 1.59 bits per heavy atom. The van der Waals surface area contributed by atoms with E-state index in [4.69, 9.17) is 4.74 Å². The molecule has 29 heavy (non-hydrogen) atoms. The first-order valence-electron chi connectivity index (χ1n) is 10.1. The number of hydrogen-bond acceptors (Lipinski definition) is 4. The predicted molar refractivity (Wildman–Crippen MR) is 115 cm³/mol. The van der Waals surface area contributed by atoms with E-state index in [0.717, 1.165) is 13.1 Å². The summed E-state index contributed by atoms with van der Waals surface area (Å²) < 4.78 is 5.84. The van der Waals surface area contributed by atoms with Crippen LogP contribution in [0.2, 0.25) is 0 Å². The molecule has 0 N–H and O–H groups in total. The van der Waals surface area contributed by atoms with Gasteiger partial charge in [0.25, 0.3) is 0 Å². The number of rotatable bonds is 6. The van der Waals surface area contributed by atoms with Crippen LogP contribution in [-0.4, -0.2) is 55.5 Å². The first-order chi connectivity index (χ1) is 14.0.